The molecule has 0 spiro atoms. The van der Waals surface area contributed by atoms with Crippen LogP contribution in [0, 0.1) is 0 Å². The van der Waals surface area contributed by atoms with Crippen LogP contribution in [0.4, 0.5) is 18.9 Å². The molecule has 0 saturated carbocycles. The van der Waals surface area contributed by atoms with Crippen LogP contribution in [-0.2, 0) is 6.18 Å². The van der Waals surface area contributed by atoms with Gasteiger partial charge >= 0.3 is 6.18 Å². The van der Waals surface area contributed by atoms with Crippen molar-refractivity contribution in [3.63, 3.8) is 0 Å². The summed E-state index contributed by atoms with van der Waals surface area (Å²) in [6.45, 7) is 1.76. The molecule has 0 fully saturated rings. The van der Waals surface area contributed by atoms with Crippen LogP contribution in [0.25, 0.3) is 11.5 Å². The summed E-state index contributed by atoms with van der Waals surface area (Å²) in [4.78, 5) is 44.9. The molecule has 1 aromatic carbocycles. The third kappa shape index (κ3) is 5.55. The van der Waals surface area contributed by atoms with Gasteiger partial charge < -0.3 is 10.3 Å². The van der Waals surface area contributed by atoms with E-state index in [9.17, 15) is 22.8 Å². The van der Waals surface area contributed by atoms with Gasteiger partial charge in [-0.3, -0.25) is 9.59 Å². The summed E-state index contributed by atoms with van der Waals surface area (Å²) in [6, 6.07) is 2.92. The van der Waals surface area contributed by atoms with E-state index in [1.807, 2.05) is 0 Å². The molecule has 0 saturated heterocycles. The number of nitrogens with zero attached hydrogens (tertiary/aromatic N) is 4. The summed E-state index contributed by atoms with van der Waals surface area (Å²) in [6.07, 6.45) is 1.09. The van der Waals surface area contributed by atoms with Crippen molar-refractivity contribution in [2.24, 2.45) is 0 Å². The molecule has 2 N–H and O–H groups in total. The lowest BCUT2D eigenvalue weighted by Crippen LogP contribution is -2.11. The molecule has 1 amide bonds. The predicted octanol–water partition coefficient (Wildman–Crippen LogP) is 6.28. The molecule has 36 heavy (non-hydrogen) atoms. The Kier molecular flexibility index (Phi) is 7.38. The second-order valence-corrected chi connectivity index (χ2v) is 9.41. The van der Waals surface area contributed by atoms with Crippen molar-refractivity contribution >= 4 is 51.9 Å². The largest absolute Gasteiger partial charge is 0.417 e. The molecule has 0 aliphatic heterocycles. The Balaban J connectivity index is 1.44. The van der Waals surface area contributed by atoms with Crippen LogP contribution in [-0.4, -0.2) is 36.6 Å². The summed E-state index contributed by atoms with van der Waals surface area (Å²) in [5.41, 5.74) is -0.564. The second kappa shape index (κ2) is 10.3. The lowest BCUT2D eigenvalue weighted by atomic mass is 10.0. The minimum absolute atomic E-state index is 0.0113. The van der Waals surface area contributed by atoms with E-state index < -0.39 is 22.7 Å². The number of nitrogens with one attached hydrogen (secondary N) is 2. The molecular formula is C22H15Cl2F3N6O2S. The smallest absolute Gasteiger partial charge is 0.343 e. The first-order valence-electron chi connectivity index (χ1n) is 10.2. The molecule has 186 valence electrons. The number of carbonyl (C=O) groups excluding carboxylic acids is 2. The van der Waals surface area contributed by atoms with Crippen molar-refractivity contribution in [1.82, 2.24) is 24.9 Å². The van der Waals surface area contributed by atoms with Gasteiger partial charge in [0.1, 0.15) is 22.6 Å². The number of imidazole rings is 1. The Morgan fingerprint density at radius 2 is 1.94 bits per heavy atom. The molecule has 14 heteroatoms. The molecule has 1 atom stereocenters. The topological polar surface area (TPSA) is 114 Å². The number of carbonyl (C=O) groups is 2. The number of ketones is 1. The summed E-state index contributed by atoms with van der Waals surface area (Å²) >= 11 is 13.1. The van der Waals surface area contributed by atoms with Gasteiger partial charge in [-0.05, 0) is 18.2 Å². The summed E-state index contributed by atoms with van der Waals surface area (Å²) in [5, 5.41) is 2.54. The highest BCUT2D eigenvalue weighted by molar-refractivity contribution is 7.13. The van der Waals surface area contributed by atoms with Crippen molar-refractivity contribution in [1.29, 1.82) is 0 Å². The molecule has 8 nitrogen and oxygen atoms in total. The summed E-state index contributed by atoms with van der Waals surface area (Å²) < 4.78 is 38.6. The fourth-order valence-electron chi connectivity index (χ4n) is 3.22. The Bertz CT molecular complexity index is 1430. The van der Waals surface area contributed by atoms with E-state index in [-0.39, 0.29) is 39.4 Å². The minimum atomic E-state index is -4.60. The lowest BCUT2D eigenvalue weighted by molar-refractivity contribution is -0.137. The molecule has 0 aliphatic carbocycles. The summed E-state index contributed by atoms with van der Waals surface area (Å²) in [5.74, 6) is -0.893. The van der Waals surface area contributed by atoms with Crippen molar-refractivity contribution in [3.8, 4) is 11.5 Å². The van der Waals surface area contributed by atoms with E-state index in [0.29, 0.717) is 16.5 Å². The van der Waals surface area contributed by atoms with Gasteiger partial charge in [0, 0.05) is 30.4 Å². The van der Waals surface area contributed by atoms with Gasteiger partial charge in [0.05, 0.1) is 26.8 Å². The van der Waals surface area contributed by atoms with Crippen LogP contribution in [0.2, 0.25) is 10.0 Å². The number of Topliss-reactive ketones (excluding diaryl/α,β-unsaturated/α-hetero) is 1. The highest BCUT2D eigenvalue weighted by Crippen LogP contribution is 2.36. The van der Waals surface area contributed by atoms with Gasteiger partial charge in [-0.2, -0.15) is 13.2 Å². The number of amides is 1. The SMILES string of the molecule is CC(CC(=O)c1ncnc(-c2ncc[nH]2)c1Cl)c1ncc(C(=O)Nc2ccc(C(F)(F)F)c(Cl)c2)s1. The Morgan fingerprint density at radius 3 is 2.61 bits per heavy atom. The molecule has 0 aliphatic rings. The first-order valence-corrected chi connectivity index (χ1v) is 11.8. The lowest BCUT2D eigenvalue weighted by Gasteiger charge is -2.10. The maximum atomic E-state index is 12.9. The first-order chi connectivity index (χ1) is 17.0. The number of H-pyrrole nitrogens is 1. The van der Waals surface area contributed by atoms with E-state index >= 15 is 0 Å². The molecule has 3 heterocycles. The average Bonchev–Trinajstić information content (AvgIpc) is 3.51. The standard InChI is InChI=1S/C22H15Cl2F3N6O2S/c1-10(6-14(34)17-16(24)18(32-9-31-17)19-28-4-5-29-19)21-30-8-15(36-21)20(35)33-11-2-3-12(13(23)7-11)22(25,26)27/h2-5,7-10H,6H2,1H3,(H,28,29)(H,33,35). The number of aromatic nitrogens is 5. The average molecular weight is 555 g/mol. The molecular weight excluding hydrogens is 540 g/mol. The van der Waals surface area contributed by atoms with E-state index in [1.54, 1.807) is 13.1 Å². The first kappa shape index (κ1) is 25.7. The van der Waals surface area contributed by atoms with Gasteiger partial charge in [0.2, 0.25) is 0 Å². The van der Waals surface area contributed by atoms with Gasteiger partial charge in [0.25, 0.3) is 5.91 Å². The van der Waals surface area contributed by atoms with Crippen LogP contribution in [0.15, 0.2) is 43.1 Å². The number of hydrogen-bond donors (Lipinski definition) is 2. The van der Waals surface area contributed by atoms with E-state index in [2.05, 4.69) is 30.2 Å². The highest BCUT2D eigenvalue weighted by atomic mass is 35.5. The van der Waals surface area contributed by atoms with Gasteiger partial charge in [-0.25, -0.2) is 19.9 Å². The predicted molar refractivity (Wildman–Crippen MR) is 129 cm³/mol. The number of benzene rings is 1. The molecule has 0 radical (unpaired) electrons. The van der Waals surface area contributed by atoms with Crippen LogP contribution < -0.4 is 5.32 Å². The van der Waals surface area contributed by atoms with Crippen molar-refractivity contribution in [2.75, 3.05) is 5.32 Å². The van der Waals surface area contributed by atoms with Crippen LogP contribution in [0.1, 0.15) is 50.0 Å². The maximum Gasteiger partial charge on any atom is 0.417 e. The Hall–Kier alpha value is -3.35. The zero-order valence-electron chi connectivity index (χ0n) is 18.2. The van der Waals surface area contributed by atoms with E-state index in [0.717, 1.165) is 29.5 Å². The molecule has 1 unspecified atom stereocenters. The zero-order valence-corrected chi connectivity index (χ0v) is 20.6. The van der Waals surface area contributed by atoms with E-state index in [4.69, 9.17) is 23.2 Å². The summed E-state index contributed by atoms with van der Waals surface area (Å²) in [7, 11) is 0. The second-order valence-electron chi connectivity index (χ2n) is 7.56. The normalized spacial score (nSPS) is 12.4. The van der Waals surface area contributed by atoms with Gasteiger partial charge in [0.15, 0.2) is 11.6 Å². The quantitative estimate of drug-likeness (QED) is 0.260. The number of rotatable bonds is 7. The van der Waals surface area contributed by atoms with E-state index in [1.165, 1.54) is 18.7 Å². The van der Waals surface area contributed by atoms with Gasteiger partial charge in [-0.1, -0.05) is 30.1 Å². The number of halogens is 5. The third-order valence-corrected chi connectivity index (χ3v) is 6.87. The van der Waals surface area contributed by atoms with Crippen LogP contribution in [0.3, 0.4) is 0 Å². The fourth-order valence-corrected chi connectivity index (χ4v) is 4.67. The molecule has 4 rings (SSSR count). The molecule has 3 aromatic heterocycles. The van der Waals surface area contributed by atoms with Crippen molar-refractivity contribution < 1.29 is 22.8 Å². The maximum absolute atomic E-state index is 12.9. The molecule has 4 aromatic rings. The number of aromatic amines is 1. The third-order valence-electron chi connectivity index (χ3n) is 4.97. The monoisotopic (exact) mass is 554 g/mol. The number of thiazole rings is 1. The minimum Gasteiger partial charge on any atom is -0.343 e. The van der Waals surface area contributed by atoms with Crippen molar-refractivity contribution in [3.05, 3.63) is 74.3 Å². The van der Waals surface area contributed by atoms with Crippen LogP contribution in [0.5, 0.6) is 0 Å². The Labute approximate surface area is 215 Å². The number of alkyl halides is 3. The van der Waals surface area contributed by atoms with Crippen molar-refractivity contribution in [2.45, 2.75) is 25.4 Å². The molecule has 0 bridgehead atoms. The number of hydrogen-bond acceptors (Lipinski definition) is 7. The highest BCUT2D eigenvalue weighted by Gasteiger charge is 2.33. The van der Waals surface area contributed by atoms with Gasteiger partial charge in [-0.15, -0.1) is 11.3 Å². The number of anilines is 1. The zero-order chi connectivity index (χ0) is 26.0. The Morgan fingerprint density at radius 1 is 1.17 bits per heavy atom. The van der Waals surface area contributed by atoms with Crippen LogP contribution >= 0.6 is 34.5 Å². The fraction of sp³-hybridized carbons (Fsp3) is 0.182.